The lowest BCUT2D eigenvalue weighted by atomic mass is 10.0. The van der Waals surface area contributed by atoms with Crippen molar-refractivity contribution in [1.29, 1.82) is 0 Å². The van der Waals surface area contributed by atoms with Gasteiger partial charge in [-0.15, -0.1) is 0 Å². The van der Waals surface area contributed by atoms with Crippen LogP contribution in [0.2, 0.25) is 0 Å². The molecule has 3 N–H and O–H groups in total. The minimum absolute atomic E-state index is 0.205. The third kappa shape index (κ3) is 2.96. The maximum atomic E-state index is 9.60. The van der Waals surface area contributed by atoms with Gasteiger partial charge < -0.3 is 10.8 Å². The number of hydrogen-bond acceptors (Lipinski definition) is 3. The van der Waals surface area contributed by atoms with Gasteiger partial charge in [0.25, 0.3) is 0 Å². The van der Waals surface area contributed by atoms with Gasteiger partial charge in [0.2, 0.25) is 0 Å². The monoisotopic (exact) mass is 211 g/mol. The van der Waals surface area contributed by atoms with Crippen molar-refractivity contribution >= 4 is 0 Å². The summed E-state index contributed by atoms with van der Waals surface area (Å²) in [6.45, 7) is 7.02. The number of nitrogens with zero attached hydrogens (tertiary/aromatic N) is 2. The Kier molecular flexibility index (Phi) is 4.15. The SMILES string of the molecule is CCC(CC)Cn1cc(O)c(C(C)N)n1. The number of hydrogen-bond donors (Lipinski definition) is 2. The molecule has 0 saturated carbocycles. The first-order chi connectivity index (χ1) is 7.08. The van der Waals surface area contributed by atoms with E-state index in [9.17, 15) is 5.11 Å². The third-order valence-corrected chi connectivity index (χ3v) is 2.80. The summed E-state index contributed by atoms with van der Waals surface area (Å²) < 4.78 is 1.80. The van der Waals surface area contributed by atoms with Crippen LogP contribution in [0.25, 0.3) is 0 Å². The van der Waals surface area contributed by atoms with Crippen LogP contribution in [0.5, 0.6) is 5.75 Å². The summed E-state index contributed by atoms with van der Waals surface area (Å²) in [7, 11) is 0. The van der Waals surface area contributed by atoms with Crippen LogP contribution in [-0.4, -0.2) is 14.9 Å². The Labute approximate surface area is 91.1 Å². The van der Waals surface area contributed by atoms with Gasteiger partial charge in [-0.05, 0) is 12.8 Å². The summed E-state index contributed by atoms with van der Waals surface area (Å²) in [5.41, 5.74) is 6.27. The largest absolute Gasteiger partial charge is 0.504 e. The number of nitrogens with two attached hydrogens (primary N) is 1. The Morgan fingerprint density at radius 2 is 2.07 bits per heavy atom. The van der Waals surface area contributed by atoms with Gasteiger partial charge in [0, 0.05) is 12.6 Å². The molecule has 0 radical (unpaired) electrons. The lowest BCUT2D eigenvalue weighted by Crippen LogP contribution is -2.11. The molecule has 86 valence electrons. The zero-order valence-electron chi connectivity index (χ0n) is 9.77. The van der Waals surface area contributed by atoms with Crippen LogP contribution in [0.4, 0.5) is 0 Å². The molecular formula is C11H21N3O. The van der Waals surface area contributed by atoms with Gasteiger partial charge in [-0.1, -0.05) is 26.7 Å². The lowest BCUT2D eigenvalue weighted by Gasteiger charge is -2.11. The van der Waals surface area contributed by atoms with E-state index in [1.165, 1.54) is 0 Å². The van der Waals surface area contributed by atoms with Crippen LogP contribution in [0.3, 0.4) is 0 Å². The van der Waals surface area contributed by atoms with E-state index in [0.717, 1.165) is 19.4 Å². The first-order valence-electron chi connectivity index (χ1n) is 5.60. The number of aromatic hydroxyl groups is 1. The fourth-order valence-electron chi connectivity index (χ4n) is 1.66. The number of aromatic nitrogens is 2. The first-order valence-corrected chi connectivity index (χ1v) is 5.60. The van der Waals surface area contributed by atoms with E-state index < -0.39 is 0 Å². The third-order valence-electron chi connectivity index (χ3n) is 2.80. The van der Waals surface area contributed by atoms with Gasteiger partial charge in [-0.2, -0.15) is 5.10 Å². The Hall–Kier alpha value is -1.03. The van der Waals surface area contributed by atoms with Gasteiger partial charge >= 0.3 is 0 Å². The average molecular weight is 211 g/mol. The van der Waals surface area contributed by atoms with Crippen molar-refractivity contribution in [1.82, 2.24) is 9.78 Å². The van der Waals surface area contributed by atoms with E-state index in [4.69, 9.17) is 5.73 Å². The summed E-state index contributed by atoms with van der Waals surface area (Å²) in [5.74, 6) is 0.821. The quantitative estimate of drug-likeness (QED) is 0.783. The van der Waals surface area contributed by atoms with Crippen molar-refractivity contribution in [2.24, 2.45) is 11.7 Å². The maximum absolute atomic E-state index is 9.60. The molecular weight excluding hydrogens is 190 g/mol. The molecule has 0 bridgehead atoms. The van der Waals surface area contributed by atoms with E-state index in [0.29, 0.717) is 11.6 Å². The molecule has 1 unspecified atom stereocenters. The molecule has 0 aliphatic heterocycles. The molecule has 1 atom stereocenters. The minimum Gasteiger partial charge on any atom is -0.504 e. The molecule has 0 fully saturated rings. The molecule has 1 aromatic rings. The molecule has 4 heteroatoms. The van der Waals surface area contributed by atoms with Crippen LogP contribution >= 0.6 is 0 Å². The summed E-state index contributed by atoms with van der Waals surface area (Å²) in [4.78, 5) is 0. The molecule has 0 saturated heterocycles. The van der Waals surface area contributed by atoms with Crippen LogP contribution in [-0.2, 0) is 6.54 Å². The second-order valence-corrected chi connectivity index (χ2v) is 4.09. The van der Waals surface area contributed by atoms with Crippen molar-refractivity contribution in [2.45, 2.75) is 46.2 Å². The standard InChI is InChI=1S/C11H21N3O/c1-4-9(5-2)6-14-7-10(15)11(13-14)8(3)12/h7-9,15H,4-6,12H2,1-3H3. The van der Waals surface area contributed by atoms with E-state index >= 15 is 0 Å². The summed E-state index contributed by atoms with van der Waals surface area (Å²) in [6.07, 6.45) is 3.92. The Bertz CT molecular complexity index is 303. The molecule has 4 nitrogen and oxygen atoms in total. The van der Waals surface area contributed by atoms with Gasteiger partial charge in [0.15, 0.2) is 5.75 Å². The molecule has 0 spiro atoms. The Morgan fingerprint density at radius 3 is 2.47 bits per heavy atom. The lowest BCUT2D eigenvalue weighted by molar-refractivity contribution is 0.392. The summed E-state index contributed by atoms with van der Waals surface area (Å²) in [6, 6.07) is -0.215. The van der Waals surface area contributed by atoms with E-state index in [1.54, 1.807) is 10.9 Å². The second kappa shape index (κ2) is 5.16. The van der Waals surface area contributed by atoms with Crippen molar-refractivity contribution in [2.75, 3.05) is 0 Å². The molecule has 0 aliphatic carbocycles. The maximum Gasteiger partial charge on any atom is 0.158 e. The summed E-state index contributed by atoms with van der Waals surface area (Å²) in [5, 5.41) is 13.9. The molecule has 1 heterocycles. The van der Waals surface area contributed by atoms with Crippen molar-refractivity contribution in [3.8, 4) is 5.75 Å². The van der Waals surface area contributed by atoms with Crippen molar-refractivity contribution in [3.63, 3.8) is 0 Å². The smallest absolute Gasteiger partial charge is 0.158 e. The van der Waals surface area contributed by atoms with E-state index in [-0.39, 0.29) is 11.8 Å². The predicted octanol–water partition coefficient (Wildman–Crippen LogP) is 2.04. The van der Waals surface area contributed by atoms with E-state index in [2.05, 4.69) is 18.9 Å². The predicted molar refractivity (Wildman–Crippen MR) is 60.6 cm³/mol. The topological polar surface area (TPSA) is 64.1 Å². The first kappa shape index (κ1) is 12.0. The van der Waals surface area contributed by atoms with Crippen molar-refractivity contribution < 1.29 is 5.11 Å². The van der Waals surface area contributed by atoms with Gasteiger partial charge in [0.1, 0.15) is 5.69 Å². The zero-order valence-corrected chi connectivity index (χ0v) is 9.77. The molecule has 0 aromatic carbocycles. The molecule has 0 aliphatic rings. The van der Waals surface area contributed by atoms with Crippen molar-refractivity contribution in [3.05, 3.63) is 11.9 Å². The molecule has 1 rings (SSSR count). The van der Waals surface area contributed by atoms with Gasteiger partial charge in [0.05, 0.1) is 6.20 Å². The fraction of sp³-hybridized carbons (Fsp3) is 0.727. The van der Waals surface area contributed by atoms with E-state index in [1.807, 2.05) is 6.92 Å². The Morgan fingerprint density at radius 1 is 1.47 bits per heavy atom. The van der Waals surface area contributed by atoms with Crippen LogP contribution in [0.15, 0.2) is 6.20 Å². The normalized spacial score (nSPS) is 13.4. The summed E-state index contributed by atoms with van der Waals surface area (Å²) >= 11 is 0. The number of rotatable bonds is 5. The van der Waals surface area contributed by atoms with Gasteiger partial charge in [-0.25, -0.2) is 0 Å². The van der Waals surface area contributed by atoms with Crippen LogP contribution < -0.4 is 5.73 Å². The highest BCUT2D eigenvalue weighted by Crippen LogP contribution is 2.21. The fourth-order valence-corrected chi connectivity index (χ4v) is 1.66. The second-order valence-electron chi connectivity index (χ2n) is 4.09. The zero-order chi connectivity index (χ0) is 11.4. The molecule has 15 heavy (non-hydrogen) atoms. The van der Waals surface area contributed by atoms with Crippen LogP contribution in [0, 0.1) is 5.92 Å². The highest BCUT2D eigenvalue weighted by Gasteiger charge is 2.13. The Balaban J connectivity index is 2.74. The average Bonchev–Trinajstić information content (AvgIpc) is 2.56. The van der Waals surface area contributed by atoms with Crippen LogP contribution in [0.1, 0.15) is 45.3 Å². The minimum atomic E-state index is -0.215. The molecule has 0 amide bonds. The highest BCUT2D eigenvalue weighted by atomic mass is 16.3. The highest BCUT2D eigenvalue weighted by molar-refractivity contribution is 5.24. The molecule has 1 aromatic heterocycles. The van der Waals surface area contributed by atoms with Gasteiger partial charge in [-0.3, -0.25) is 4.68 Å².